The van der Waals surface area contributed by atoms with Gasteiger partial charge in [-0.3, -0.25) is 0 Å². The zero-order chi connectivity index (χ0) is 25.8. The Bertz CT molecular complexity index is 1090. The van der Waals surface area contributed by atoms with E-state index in [1.54, 1.807) is 23.9 Å². The van der Waals surface area contributed by atoms with Crippen molar-refractivity contribution in [1.29, 1.82) is 0 Å². The lowest BCUT2D eigenvalue weighted by molar-refractivity contribution is -0.137. The van der Waals surface area contributed by atoms with E-state index < -0.39 is 29.3 Å². The normalized spacial score (nSPS) is 17.8. The number of hydrogen-bond donors (Lipinski definition) is 0. The molecule has 0 saturated heterocycles. The fourth-order valence-electron chi connectivity index (χ4n) is 3.91. The number of benzene rings is 2. The molecule has 11 heteroatoms. The van der Waals surface area contributed by atoms with Gasteiger partial charge in [0, 0.05) is 10.4 Å². The Morgan fingerprint density at radius 2 is 1.80 bits per heavy atom. The summed E-state index contributed by atoms with van der Waals surface area (Å²) in [5.74, 6) is 0.928. The van der Waals surface area contributed by atoms with Crippen molar-refractivity contribution in [3.63, 3.8) is 0 Å². The number of hydrogen-bond acceptors (Lipinski definition) is 5. The monoisotopic (exact) mass is 527 g/mol. The molecule has 0 N–H and O–H groups in total. The molecule has 0 spiro atoms. The Morgan fingerprint density at radius 1 is 1.17 bits per heavy atom. The third-order valence-electron chi connectivity index (χ3n) is 5.71. The van der Waals surface area contributed by atoms with Crippen LogP contribution in [0.3, 0.4) is 0 Å². The van der Waals surface area contributed by atoms with Gasteiger partial charge < -0.3 is 4.74 Å². The van der Waals surface area contributed by atoms with Gasteiger partial charge in [-0.15, -0.1) is 0 Å². The Balaban J connectivity index is 1.97. The maximum atomic E-state index is 13.5. The number of urea groups is 1. The molecular formula is C24H25ClF3N3O3S. The van der Waals surface area contributed by atoms with Crippen LogP contribution in [0.5, 0.6) is 0 Å². The Kier molecular flexibility index (Phi) is 8.38. The average Bonchev–Trinajstić information content (AvgIpc) is 3.17. The highest BCUT2D eigenvalue weighted by Gasteiger charge is 2.43. The number of carbonyl (C=O) groups excluding carboxylic acids is 2. The molecule has 35 heavy (non-hydrogen) atoms. The van der Waals surface area contributed by atoms with Crippen molar-refractivity contribution >= 4 is 46.9 Å². The molecule has 3 amide bonds. The molecule has 6 nitrogen and oxygen atoms in total. The number of ether oxygens (including phenoxy) is 1. The van der Waals surface area contributed by atoms with Crippen molar-refractivity contribution in [1.82, 2.24) is 5.01 Å². The number of alkyl halides is 3. The predicted molar refractivity (Wildman–Crippen MR) is 132 cm³/mol. The minimum Gasteiger partial charge on any atom is -0.452 e. The largest absolute Gasteiger partial charge is 0.452 e. The lowest BCUT2D eigenvalue weighted by Crippen LogP contribution is -2.45. The summed E-state index contributed by atoms with van der Waals surface area (Å²) in [7, 11) is 1.09. The van der Waals surface area contributed by atoms with Gasteiger partial charge in [0.05, 0.1) is 30.6 Å². The fraction of sp³-hybridized carbons (Fsp3) is 0.375. The molecule has 188 valence electrons. The number of anilines is 1. The van der Waals surface area contributed by atoms with Crippen molar-refractivity contribution in [3.8, 4) is 0 Å². The smallest absolute Gasteiger partial charge is 0.422 e. The van der Waals surface area contributed by atoms with Gasteiger partial charge in [-0.25, -0.2) is 14.6 Å². The van der Waals surface area contributed by atoms with E-state index in [1.165, 1.54) is 0 Å². The first kappa shape index (κ1) is 26.9. The van der Waals surface area contributed by atoms with E-state index in [0.717, 1.165) is 60.5 Å². The number of amides is 3. The summed E-state index contributed by atoms with van der Waals surface area (Å²) >= 11 is 7.75. The Labute approximate surface area is 211 Å². The standard InChI is InChI=1S/C24H25ClF3N3O3S/c1-23(13-4-14-35-3)15-30(29-20(23)16-5-9-18(25)10-6-16)21(32)31(22(33)34-2)19-11-7-17(8-12-19)24(26,27)28/h5-12H,4,13-15H2,1-3H3. The number of methoxy groups -OCH3 is 1. The molecule has 0 saturated carbocycles. The highest BCUT2D eigenvalue weighted by molar-refractivity contribution is 7.98. The molecule has 0 fully saturated rings. The van der Waals surface area contributed by atoms with Crippen LogP contribution in [0.15, 0.2) is 53.6 Å². The highest BCUT2D eigenvalue weighted by atomic mass is 35.5. The molecule has 0 aromatic heterocycles. The lowest BCUT2D eigenvalue weighted by Gasteiger charge is -2.28. The van der Waals surface area contributed by atoms with Crippen LogP contribution in [0.25, 0.3) is 0 Å². The number of nitrogens with zero attached hydrogens (tertiary/aromatic N) is 3. The zero-order valence-electron chi connectivity index (χ0n) is 19.4. The molecule has 1 aliphatic rings. The number of thioether (sulfide) groups is 1. The molecule has 1 aliphatic heterocycles. The van der Waals surface area contributed by atoms with Crippen molar-refractivity contribution in [2.45, 2.75) is 25.9 Å². The van der Waals surface area contributed by atoms with E-state index in [2.05, 4.69) is 5.10 Å². The molecular weight excluding hydrogens is 503 g/mol. The first-order valence-electron chi connectivity index (χ1n) is 10.7. The number of carbonyl (C=O) groups is 2. The van der Waals surface area contributed by atoms with Crippen molar-refractivity contribution < 1.29 is 27.5 Å². The first-order chi connectivity index (χ1) is 16.5. The highest BCUT2D eigenvalue weighted by Crippen LogP contribution is 2.37. The minimum atomic E-state index is -4.55. The topological polar surface area (TPSA) is 62.2 Å². The summed E-state index contributed by atoms with van der Waals surface area (Å²) in [5.41, 5.74) is -0.0178. The number of hydrazone groups is 1. The van der Waals surface area contributed by atoms with E-state index in [0.29, 0.717) is 15.6 Å². The molecule has 1 unspecified atom stereocenters. The average molecular weight is 528 g/mol. The van der Waals surface area contributed by atoms with Crippen molar-refractivity contribution in [2.24, 2.45) is 10.5 Å². The maximum Gasteiger partial charge on any atom is 0.422 e. The quantitative estimate of drug-likeness (QED) is 0.382. The number of rotatable bonds is 6. The second-order valence-electron chi connectivity index (χ2n) is 8.30. The third-order valence-corrected chi connectivity index (χ3v) is 6.66. The molecule has 2 aromatic rings. The van der Waals surface area contributed by atoms with Gasteiger partial charge >= 0.3 is 18.3 Å². The Hall–Kier alpha value is -2.72. The summed E-state index contributed by atoms with van der Waals surface area (Å²) in [5, 5.41) is 6.28. The van der Waals surface area contributed by atoms with Crippen LogP contribution >= 0.6 is 23.4 Å². The summed E-state index contributed by atoms with van der Waals surface area (Å²) in [6, 6.07) is 9.98. The SMILES string of the molecule is COC(=O)N(C(=O)N1CC(C)(CCCSC)C(c2ccc(Cl)cc2)=N1)c1ccc(C(F)(F)F)cc1. The van der Waals surface area contributed by atoms with Gasteiger partial charge in [0.15, 0.2) is 0 Å². The van der Waals surface area contributed by atoms with Crippen LogP contribution in [0.2, 0.25) is 5.02 Å². The van der Waals surface area contributed by atoms with Crippen LogP contribution in [-0.4, -0.2) is 48.5 Å². The van der Waals surface area contributed by atoms with Gasteiger partial charge in [0.25, 0.3) is 0 Å². The van der Waals surface area contributed by atoms with E-state index in [-0.39, 0.29) is 12.2 Å². The van der Waals surface area contributed by atoms with Crippen LogP contribution in [0.4, 0.5) is 28.4 Å². The number of halogens is 4. The molecule has 2 aromatic carbocycles. The van der Waals surface area contributed by atoms with Gasteiger partial charge in [-0.1, -0.05) is 30.7 Å². The van der Waals surface area contributed by atoms with Gasteiger partial charge in [0.1, 0.15) is 0 Å². The van der Waals surface area contributed by atoms with Crippen molar-refractivity contribution in [2.75, 3.05) is 30.6 Å². The summed E-state index contributed by atoms with van der Waals surface area (Å²) in [6.45, 7) is 2.18. The van der Waals surface area contributed by atoms with Crippen LogP contribution in [-0.2, 0) is 10.9 Å². The van der Waals surface area contributed by atoms with E-state index in [4.69, 9.17) is 16.3 Å². The van der Waals surface area contributed by atoms with E-state index in [9.17, 15) is 22.8 Å². The van der Waals surface area contributed by atoms with Crippen LogP contribution in [0.1, 0.15) is 30.9 Å². The summed E-state index contributed by atoms with van der Waals surface area (Å²) in [4.78, 5) is 26.7. The third kappa shape index (κ3) is 6.10. The number of imide groups is 1. The summed E-state index contributed by atoms with van der Waals surface area (Å²) < 4.78 is 43.7. The lowest BCUT2D eigenvalue weighted by atomic mass is 9.78. The van der Waals surface area contributed by atoms with Gasteiger partial charge in [-0.05, 0) is 66.8 Å². The molecule has 0 aliphatic carbocycles. The summed E-state index contributed by atoms with van der Waals surface area (Å²) in [6.07, 6.45) is -1.96. The van der Waals surface area contributed by atoms with Crippen LogP contribution < -0.4 is 4.90 Å². The predicted octanol–water partition coefficient (Wildman–Crippen LogP) is 6.92. The first-order valence-corrected chi connectivity index (χ1v) is 12.5. The van der Waals surface area contributed by atoms with E-state index >= 15 is 0 Å². The maximum absolute atomic E-state index is 13.5. The van der Waals surface area contributed by atoms with Gasteiger partial charge in [0.2, 0.25) is 0 Å². The second kappa shape index (κ2) is 10.9. The van der Waals surface area contributed by atoms with Gasteiger partial charge in [-0.2, -0.15) is 34.9 Å². The molecule has 0 radical (unpaired) electrons. The molecule has 1 atom stereocenters. The second-order valence-corrected chi connectivity index (χ2v) is 9.72. The van der Waals surface area contributed by atoms with Crippen LogP contribution in [0, 0.1) is 5.41 Å². The fourth-order valence-corrected chi connectivity index (χ4v) is 4.47. The zero-order valence-corrected chi connectivity index (χ0v) is 21.0. The molecule has 1 heterocycles. The molecule has 3 rings (SSSR count). The Morgan fingerprint density at radius 3 is 2.34 bits per heavy atom. The van der Waals surface area contributed by atoms with E-state index in [1.807, 2.05) is 25.3 Å². The molecule has 0 bridgehead atoms. The van der Waals surface area contributed by atoms with Crippen molar-refractivity contribution in [3.05, 3.63) is 64.7 Å². The minimum absolute atomic E-state index is 0.0610.